The summed E-state index contributed by atoms with van der Waals surface area (Å²) in [5, 5.41) is 9.84. The minimum atomic E-state index is -3.93. The smallest absolute Gasteiger partial charge is 0.247 e. The SMILES string of the molecule is C[C@@H]1CN([C@H](C)CO)S(=O)(=O)c2ccc(-c3ccccc3)cc2O[C@@H]1CN(C)C(=O)Cc1ccccc1. The van der Waals surface area contributed by atoms with Gasteiger partial charge in [-0.05, 0) is 35.7 Å². The van der Waals surface area contributed by atoms with E-state index < -0.39 is 22.2 Å². The number of sulfonamides is 1. The molecule has 1 amide bonds. The number of rotatable bonds is 7. The summed E-state index contributed by atoms with van der Waals surface area (Å²) in [5.74, 6) is -0.0447. The number of ether oxygens (including phenoxy) is 1. The molecule has 3 aromatic carbocycles. The molecule has 0 aromatic heterocycles. The lowest BCUT2D eigenvalue weighted by atomic mass is 10.0. The number of carbonyl (C=O) groups is 1. The predicted molar refractivity (Wildman–Crippen MR) is 144 cm³/mol. The molecule has 3 aromatic rings. The van der Waals surface area contributed by atoms with E-state index in [1.54, 1.807) is 37.1 Å². The van der Waals surface area contributed by atoms with Gasteiger partial charge < -0.3 is 14.7 Å². The summed E-state index contributed by atoms with van der Waals surface area (Å²) in [6, 6.07) is 23.7. The first kappa shape index (κ1) is 26.9. The van der Waals surface area contributed by atoms with Crippen molar-refractivity contribution in [1.29, 1.82) is 0 Å². The molecule has 1 N–H and O–H groups in total. The molecule has 7 nitrogen and oxygen atoms in total. The molecule has 0 saturated heterocycles. The fourth-order valence-corrected chi connectivity index (χ4v) is 6.36. The van der Waals surface area contributed by atoms with Crippen LogP contribution < -0.4 is 4.74 Å². The van der Waals surface area contributed by atoms with Crippen LogP contribution in [0.1, 0.15) is 19.4 Å². The Kier molecular flexibility index (Phi) is 8.32. The van der Waals surface area contributed by atoms with Gasteiger partial charge in [0, 0.05) is 25.6 Å². The molecule has 0 bridgehead atoms. The molecule has 1 heterocycles. The molecule has 0 radical (unpaired) electrons. The normalized spacial score (nSPS) is 20.1. The fourth-order valence-electron chi connectivity index (χ4n) is 4.53. The minimum absolute atomic E-state index is 0.0458. The molecule has 3 atom stereocenters. The van der Waals surface area contributed by atoms with Gasteiger partial charge in [-0.15, -0.1) is 0 Å². The molecular formula is C29H34N2O5S. The van der Waals surface area contributed by atoms with E-state index in [1.165, 1.54) is 4.31 Å². The van der Waals surface area contributed by atoms with E-state index >= 15 is 0 Å². The van der Waals surface area contributed by atoms with E-state index in [-0.39, 0.29) is 42.0 Å². The fraction of sp³-hybridized carbons (Fsp3) is 0.345. The third kappa shape index (κ3) is 6.04. The van der Waals surface area contributed by atoms with Gasteiger partial charge in [0.2, 0.25) is 15.9 Å². The molecule has 4 rings (SSSR count). The van der Waals surface area contributed by atoms with Crippen LogP contribution in [0.4, 0.5) is 0 Å². The minimum Gasteiger partial charge on any atom is -0.487 e. The average Bonchev–Trinajstić information content (AvgIpc) is 2.91. The van der Waals surface area contributed by atoms with Crippen molar-refractivity contribution in [2.24, 2.45) is 5.92 Å². The van der Waals surface area contributed by atoms with Crippen molar-refractivity contribution in [2.75, 3.05) is 26.7 Å². The molecule has 0 spiro atoms. The van der Waals surface area contributed by atoms with Crippen LogP contribution in [0.25, 0.3) is 11.1 Å². The lowest BCUT2D eigenvalue weighted by molar-refractivity contribution is -0.130. The molecule has 196 valence electrons. The van der Waals surface area contributed by atoms with Gasteiger partial charge in [0.05, 0.1) is 19.6 Å². The van der Waals surface area contributed by atoms with Crippen LogP contribution in [-0.4, -0.2) is 67.5 Å². The van der Waals surface area contributed by atoms with Crippen molar-refractivity contribution in [3.05, 3.63) is 84.4 Å². The van der Waals surface area contributed by atoms with E-state index in [0.29, 0.717) is 6.54 Å². The average molecular weight is 523 g/mol. The number of nitrogens with zero attached hydrogens (tertiary/aromatic N) is 2. The third-order valence-electron chi connectivity index (χ3n) is 6.85. The summed E-state index contributed by atoms with van der Waals surface area (Å²) in [6.07, 6.45) is -0.187. The highest BCUT2D eigenvalue weighted by Gasteiger charge is 2.38. The molecule has 0 fully saturated rings. The van der Waals surface area contributed by atoms with Gasteiger partial charge in [-0.25, -0.2) is 8.42 Å². The summed E-state index contributed by atoms with van der Waals surface area (Å²) < 4.78 is 35.1. The van der Waals surface area contributed by atoms with Crippen molar-refractivity contribution in [2.45, 2.75) is 37.3 Å². The van der Waals surface area contributed by atoms with E-state index in [4.69, 9.17) is 4.74 Å². The Morgan fingerprint density at radius 1 is 1.05 bits per heavy atom. The van der Waals surface area contributed by atoms with E-state index in [2.05, 4.69) is 0 Å². The van der Waals surface area contributed by atoms with Crippen LogP contribution in [0.5, 0.6) is 5.75 Å². The number of carbonyl (C=O) groups excluding carboxylic acids is 1. The number of aliphatic hydroxyl groups is 1. The maximum Gasteiger partial charge on any atom is 0.247 e. The van der Waals surface area contributed by atoms with E-state index in [9.17, 15) is 18.3 Å². The van der Waals surface area contributed by atoms with Crippen molar-refractivity contribution in [3.63, 3.8) is 0 Å². The first-order valence-electron chi connectivity index (χ1n) is 12.5. The zero-order chi connectivity index (χ0) is 26.6. The summed E-state index contributed by atoms with van der Waals surface area (Å²) >= 11 is 0. The van der Waals surface area contributed by atoms with Gasteiger partial charge in [-0.2, -0.15) is 4.31 Å². The van der Waals surface area contributed by atoms with Gasteiger partial charge in [0.1, 0.15) is 16.7 Å². The zero-order valence-electron chi connectivity index (χ0n) is 21.4. The molecular weight excluding hydrogens is 488 g/mol. The molecule has 0 saturated carbocycles. The van der Waals surface area contributed by atoms with Gasteiger partial charge in [-0.1, -0.05) is 73.7 Å². The molecule has 8 heteroatoms. The van der Waals surface area contributed by atoms with Gasteiger partial charge in [-0.3, -0.25) is 4.79 Å². The molecule has 1 aliphatic heterocycles. The maximum absolute atomic E-state index is 13.7. The Labute approximate surface area is 219 Å². The number of amides is 1. The number of hydrogen-bond donors (Lipinski definition) is 1. The Hall–Kier alpha value is -3.20. The van der Waals surface area contributed by atoms with E-state index in [1.807, 2.05) is 67.6 Å². The van der Waals surface area contributed by atoms with Crippen molar-refractivity contribution in [3.8, 4) is 16.9 Å². The molecule has 0 aliphatic carbocycles. The number of likely N-dealkylation sites (N-methyl/N-ethyl adjacent to an activating group) is 1. The van der Waals surface area contributed by atoms with Crippen LogP contribution in [0.15, 0.2) is 83.8 Å². The lowest BCUT2D eigenvalue weighted by Gasteiger charge is -2.37. The van der Waals surface area contributed by atoms with Crippen LogP contribution >= 0.6 is 0 Å². The van der Waals surface area contributed by atoms with Gasteiger partial charge in [0.15, 0.2) is 0 Å². The predicted octanol–water partition coefficient (Wildman–Crippen LogP) is 3.82. The standard InChI is InChI=1S/C29H34N2O5S/c1-21-18-31(22(2)20-32)37(34,35)28-15-14-25(24-12-8-5-9-13-24)17-26(28)36-27(21)19-30(3)29(33)16-23-10-6-4-7-11-23/h4-15,17,21-22,27,32H,16,18-20H2,1-3H3/t21-,22-,27-/m1/s1. The number of benzene rings is 3. The first-order chi connectivity index (χ1) is 17.7. The lowest BCUT2D eigenvalue weighted by Crippen LogP contribution is -2.50. The van der Waals surface area contributed by atoms with Crippen LogP contribution in [0.3, 0.4) is 0 Å². The Bertz CT molecular complexity index is 1310. The quantitative estimate of drug-likeness (QED) is 0.510. The molecule has 37 heavy (non-hydrogen) atoms. The highest BCUT2D eigenvalue weighted by Crippen LogP contribution is 2.36. The largest absolute Gasteiger partial charge is 0.487 e. The van der Waals surface area contributed by atoms with Crippen LogP contribution in [0, 0.1) is 5.92 Å². The first-order valence-corrected chi connectivity index (χ1v) is 13.9. The van der Waals surface area contributed by atoms with E-state index in [0.717, 1.165) is 16.7 Å². The second kappa shape index (κ2) is 11.5. The Morgan fingerprint density at radius 3 is 2.35 bits per heavy atom. The monoisotopic (exact) mass is 522 g/mol. The summed E-state index contributed by atoms with van der Waals surface area (Å²) in [6.45, 7) is 3.76. The van der Waals surface area contributed by atoms with Crippen molar-refractivity contribution < 1.29 is 23.1 Å². The maximum atomic E-state index is 13.7. The number of fused-ring (bicyclic) bond motifs is 1. The molecule has 0 unspecified atom stereocenters. The number of hydrogen-bond acceptors (Lipinski definition) is 5. The van der Waals surface area contributed by atoms with Crippen molar-refractivity contribution in [1.82, 2.24) is 9.21 Å². The van der Waals surface area contributed by atoms with Crippen LogP contribution in [0.2, 0.25) is 0 Å². The molecule has 1 aliphatic rings. The van der Waals surface area contributed by atoms with Gasteiger partial charge >= 0.3 is 0 Å². The highest BCUT2D eigenvalue weighted by molar-refractivity contribution is 7.89. The second-order valence-corrected chi connectivity index (χ2v) is 11.6. The van der Waals surface area contributed by atoms with Gasteiger partial charge in [0.25, 0.3) is 0 Å². The van der Waals surface area contributed by atoms with Crippen LogP contribution in [-0.2, 0) is 21.2 Å². The third-order valence-corrected chi connectivity index (χ3v) is 8.87. The topological polar surface area (TPSA) is 87.2 Å². The Balaban J connectivity index is 1.69. The number of aliphatic hydroxyl groups excluding tert-OH is 1. The Morgan fingerprint density at radius 2 is 1.70 bits per heavy atom. The highest BCUT2D eigenvalue weighted by atomic mass is 32.2. The summed E-state index contributed by atoms with van der Waals surface area (Å²) in [5.41, 5.74) is 2.70. The second-order valence-electron chi connectivity index (χ2n) is 9.70. The van der Waals surface area contributed by atoms with Crippen molar-refractivity contribution >= 4 is 15.9 Å². The summed E-state index contributed by atoms with van der Waals surface area (Å²) in [7, 11) is -2.18. The summed E-state index contributed by atoms with van der Waals surface area (Å²) in [4.78, 5) is 14.7. The zero-order valence-corrected chi connectivity index (χ0v) is 22.3.